The van der Waals surface area contributed by atoms with Crippen molar-refractivity contribution in [2.45, 2.75) is 114 Å². The van der Waals surface area contributed by atoms with Gasteiger partial charge in [-0.3, -0.25) is 9.59 Å². The Morgan fingerprint density at radius 1 is 0.439 bits per heavy atom. The summed E-state index contributed by atoms with van der Waals surface area (Å²) in [4.78, 5) is 27.5. The number of carbonyl (C=O) groups is 2. The number of methoxy groups -OCH3 is 9. The molecule has 1 fully saturated rings. The lowest BCUT2D eigenvalue weighted by atomic mass is 9.74. The molecule has 9 atom stereocenters. The Morgan fingerprint density at radius 3 is 1.32 bits per heavy atom. The molecule has 5 aromatic rings. The highest BCUT2D eigenvalue weighted by atomic mass is 16.6. The number of hydrogen-bond donors (Lipinski definition) is 0. The van der Waals surface area contributed by atoms with E-state index in [2.05, 4.69) is 13.2 Å². The van der Waals surface area contributed by atoms with E-state index in [0.717, 1.165) is 25.7 Å². The Morgan fingerprint density at radius 2 is 0.890 bits per heavy atom. The highest BCUT2D eigenvalue weighted by Gasteiger charge is 2.53. The first kappa shape index (κ1) is 58.5. The molecule has 0 N–H and O–H groups in total. The van der Waals surface area contributed by atoms with Crippen LogP contribution in [-0.2, 0) is 33.3 Å². The smallest absolute Gasteiger partial charge is 0.303 e. The maximum Gasteiger partial charge on any atom is 0.303 e. The maximum atomic E-state index is 13.9. The lowest BCUT2D eigenvalue weighted by Crippen LogP contribution is -2.48. The highest BCUT2D eigenvalue weighted by molar-refractivity contribution is 5.73. The summed E-state index contributed by atoms with van der Waals surface area (Å²) in [7, 11) is 14.1. The summed E-state index contributed by atoms with van der Waals surface area (Å²) >= 11 is 0. The first-order chi connectivity index (χ1) is 39.6. The van der Waals surface area contributed by atoms with Crippen LogP contribution in [0.2, 0.25) is 0 Å². The first-order valence-electron chi connectivity index (χ1n) is 27.2. The molecule has 0 bridgehead atoms. The molecule has 1 saturated carbocycles. The molecule has 0 spiro atoms. The number of esters is 2. The minimum absolute atomic E-state index is 0.0221. The minimum Gasteiger partial charge on any atom is -0.497 e. The number of fused-ring (bicyclic) bond motifs is 3. The fourth-order valence-electron chi connectivity index (χ4n) is 12.4. The summed E-state index contributed by atoms with van der Waals surface area (Å²) in [6.45, 7) is 14.7. The average molecular weight is 1130 g/mol. The number of carbonyl (C=O) groups excluding carboxylic acids is 2. The van der Waals surface area contributed by atoms with E-state index in [1.54, 1.807) is 79.7 Å². The molecule has 0 amide bonds. The van der Waals surface area contributed by atoms with E-state index in [4.69, 9.17) is 75.8 Å². The predicted octanol–water partition coefficient (Wildman–Crippen LogP) is 11.6. The van der Waals surface area contributed by atoms with Gasteiger partial charge >= 0.3 is 11.9 Å². The fourth-order valence-corrected chi connectivity index (χ4v) is 12.4. The van der Waals surface area contributed by atoms with Gasteiger partial charge in [0.05, 0.1) is 86.3 Å². The molecule has 82 heavy (non-hydrogen) atoms. The average Bonchev–Trinajstić information content (AvgIpc) is 1.90. The second kappa shape index (κ2) is 24.9. The molecule has 0 saturated heterocycles. The molecule has 0 unspecified atom stereocenters. The molecule has 0 radical (unpaired) electrons. The molecule has 9 rings (SSSR count). The van der Waals surface area contributed by atoms with E-state index in [1.165, 1.54) is 42.3 Å². The standard InChI is InChI=1S/C64H74O18/c1-32(2)76-58-46-31-44(54(72-12)63(75-15)57(46)82-52(64(58)77-33(3)4)38-20-26-41(69-9)27-21-38)49-45-30-43(53(71-11)62(74-14)56(45)81-51(61(49)79-35(6)66)37-18-24-40(68-8)25-19-37)48-42-28-29-47(70-10)59(73-13)55(42)80-50(60(48)78-34(5)65)36-16-22-39(67-7)23-17-36/h16-19,22-25,28-31,38,41,48-52,58,60-61,64H,1,3,20-21,26-27H2,2,4-15H3/t38?,41?,48-,49+,50-,51-,52-,58-,60-,61-,64+/m1/s1. The zero-order valence-corrected chi connectivity index (χ0v) is 48.9. The van der Waals surface area contributed by atoms with Gasteiger partial charge in [0.1, 0.15) is 17.6 Å². The van der Waals surface area contributed by atoms with E-state index in [9.17, 15) is 9.59 Å². The van der Waals surface area contributed by atoms with Crippen molar-refractivity contribution in [2.24, 2.45) is 5.92 Å². The predicted molar refractivity (Wildman–Crippen MR) is 302 cm³/mol. The third-order valence-corrected chi connectivity index (χ3v) is 15.8. The van der Waals surface area contributed by atoms with Gasteiger partial charge in [-0.15, -0.1) is 0 Å². The van der Waals surface area contributed by atoms with Crippen LogP contribution in [0.3, 0.4) is 0 Å². The van der Waals surface area contributed by atoms with Crippen LogP contribution in [0.1, 0.15) is 122 Å². The monoisotopic (exact) mass is 1130 g/mol. The number of allylic oxidation sites excluding steroid dienone is 2. The fraction of sp³-hybridized carbons (Fsp3) is 0.438. The van der Waals surface area contributed by atoms with E-state index in [0.29, 0.717) is 85.0 Å². The summed E-state index contributed by atoms with van der Waals surface area (Å²) in [5, 5.41) is 0. The second-order valence-electron chi connectivity index (χ2n) is 20.7. The van der Waals surface area contributed by atoms with Gasteiger partial charge in [0.25, 0.3) is 0 Å². The normalized spacial score (nSPS) is 24.1. The zero-order chi connectivity index (χ0) is 58.7. The van der Waals surface area contributed by atoms with Crippen LogP contribution in [0.25, 0.3) is 0 Å². The highest BCUT2D eigenvalue weighted by Crippen LogP contribution is 2.63. The van der Waals surface area contributed by atoms with Gasteiger partial charge in [-0.2, -0.15) is 0 Å². The Labute approximate surface area is 479 Å². The second-order valence-corrected chi connectivity index (χ2v) is 20.7. The van der Waals surface area contributed by atoms with Crippen molar-refractivity contribution in [3.05, 3.63) is 136 Å². The molecule has 3 heterocycles. The number of hydrogen-bond acceptors (Lipinski definition) is 18. The summed E-state index contributed by atoms with van der Waals surface area (Å²) in [5.74, 6) is 1.53. The van der Waals surface area contributed by atoms with Crippen LogP contribution in [0.15, 0.2) is 97.5 Å². The van der Waals surface area contributed by atoms with Gasteiger partial charge in [0.2, 0.25) is 17.2 Å². The van der Waals surface area contributed by atoms with Gasteiger partial charge in [0.15, 0.2) is 71.1 Å². The Hall–Kier alpha value is -8.12. The van der Waals surface area contributed by atoms with Crippen molar-refractivity contribution in [3.8, 4) is 63.2 Å². The van der Waals surface area contributed by atoms with Crippen molar-refractivity contribution in [3.63, 3.8) is 0 Å². The maximum absolute atomic E-state index is 13.9. The molecule has 5 aromatic carbocycles. The van der Waals surface area contributed by atoms with Gasteiger partial charge < -0.3 is 75.8 Å². The molecule has 18 heteroatoms. The summed E-state index contributed by atoms with van der Waals surface area (Å²) in [6.07, 6.45) is -3.00. The van der Waals surface area contributed by atoms with E-state index in [-0.39, 0.29) is 40.8 Å². The van der Waals surface area contributed by atoms with Crippen molar-refractivity contribution < 1.29 is 85.4 Å². The Bertz CT molecular complexity index is 3140. The Balaban J connectivity index is 1.38. The van der Waals surface area contributed by atoms with Gasteiger partial charge in [0, 0.05) is 48.8 Å². The molecule has 4 aliphatic rings. The first-order valence-corrected chi connectivity index (χ1v) is 27.2. The van der Waals surface area contributed by atoms with Gasteiger partial charge in [-0.1, -0.05) is 43.5 Å². The third-order valence-electron chi connectivity index (χ3n) is 15.8. The molecule has 3 aliphatic heterocycles. The molecule has 0 aromatic heterocycles. The molecule has 1 aliphatic carbocycles. The van der Waals surface area contributed by atoms with E-state index in [1.807, 2.05) is 42.5 Å². The van der Waals surface area contributed by atoms with Crippen LogP contribution in [-0.4, -0.2) is 106 Å². The molecular formula is C64H74O18. The topological polar surface area (TPSA) is 182 Å². The van der Waals surface area contributed by atoms with Crippen LogP contribution >= 0.6 is 0 Å². The van der Waals surface area contributed by atoms with Crippen molar-refractivity contribution in [1.82, 2.24) is 0 Å². The van der Waals surface area contributed by atoms with E-state index >= 15 is 0 Å². The molecule has 438 valence electrons. The summed E-state index contributed by atoms with van der Waals surface area (Å²) in [6, 6.07) is 22.0. The quantitative estimate of drug-likeness (QED) is 0.0529. The number of ether oxygens (including phenoxy) is 16. The molecular weight excluding hydrogens is 1060 g/mol. The lowest BCUT2D eigenvalue weighted by Gasteiger charge is -2.45. The van der Waals surface area contributed by atoms with Crippen molar-refractivity contribution in [2.75, 3.05) is 64.0 Å². The number of benzene rings is 5. The molecule has 18 nitrogen and oxygen atoms in total. The van der Waals surface area contributed by atoms with Crippen molar-refractivity contribution >= 4 is 11.9 Å². The van der Waals surface area contributed by atoms with Crippen LogP contribution < -0.4 is 52.1 Å². The summed E-state index contributed by atoms with van der Waals surface area (Å²) in [5.41, 5.74) is 3.76. The van der Waals surface area contributed by atoms with Crippen molar-refractivity contribution in [1.29, 1.82) is 0 Å². The SMILES string of the molecule is C=C(C)O[C@@H]1[C@H](OC(=C)C)c2cc([C@H]3c4cc([C@H]5c6ccc(OC)c(OC)c6O[C@H](c6ccc(OC)cc6)[C@@H]5OC(C)=O)c(OC)c(OC)c4O[C@H](c4ccc(OC)cc4)[C@@H]3OC(C)=O)c(OC)c(OC)c2O[C@@H]1C1CCC(OC)CC1. The summed E-state index contributed by atoms with van der Waals surface area (Å²) < 4.78 is 103. The zero-order valence-electron chi connectivity index (χ0n) is 48.9. The van der Waals surface area contributed by atoms with E-state index < -0.39 is 66.5 Å². The lowest BCUT2D eigenvalue weighted by molar-refractivity contribution is -0.154. The minimum atomic E-state index is -1.17. The van der Waals surface area contributed by atoms with Gasteiger partial charge in [-0.25, -0.2) is 0 Å². The van der Waals surface area contributed by atoms with Crippen LogP contribution in [0, 0.1) is 5.92 Å². The largest absolute Gasteiger partial charge is 0.497 e. The van der Waals surface area contributed by atoms with Gasteiger partial charge in [-0.05, 0) is 99.0 Å². The van der Waals surface area contributed by atoms with Crippen LogP contribution in [0.5, 0.6) is 63.2 Å². The third kappa shape index (κ3) is 11.0. The number of rotatable bonds is 20. The van der Waals surface area contributed by atoms with Crippen LogP contribution in [0.4, 0.5) is 0 Å². The Kier molecular flexibility index (Phi) is 17.8.